The van der Waals surface area contributed by atoms with Gasteiger partial charge in [0.05, 0.1) is 0 Å². The standard InChI is InChI=1S/BFH2O5S.Li.H/c2-8(5,6)7-1(3)4;;/h3-4H;;. The third-order valence-electron chi connectivity index (χ3n) is 0.201. The van der Waals surface area contributed by atoms with Crippen LogP contribution in [0.1, 0.15) is 0 Å². The minimum absolute atomic E-state index is 0. The summed E-state index contributed by atoms with van der Waals surface area (Å²) in [5.41, 5.74) is 0. The van der Waals surface area contributed by atoms with E-state index in [-0.39, 0.29) is 18.9 Å². The number of hydrogen-bond acceptors (Lipinski definition) is 5. The van der Waals surface area contributed by atoms with Crippen molar-refractivity contribution in [2.75, 3.05) is 0 Å². The van der Waals surface area contributed by atoms with Gasteiger partial charge >= 0.3 is 36.7 Å². The molecule has 0 aromatic rings. The SMILES string of the molecule is O=S(=O)(F)OB(O)O.[LiH]. The molecule has 0 rings (SSSR count). The molecule has 0 amide bonds. The van der Waals surface area contributed by atoms with Crippen molar-refractivity contribution in [1.29, 1.82) is 0 Å². The second-order valence-corrected chi connectivity index (χ2v) is 1.79. The predicted octanol–water partition coefficient (Wildman–Crippen LogP) is -2.46. The van der Waals surface area contributed by atoms with Crippen molar-refractivity contribution in [1.82, 2.24) is 0 Å². The van der Waals surface area contributed by atoms with Crippen LogP contribution in [-0.4, -0.2) is 44.6 Å². The molecule has 0 atom stereocenters. The van der Waals surface area contributed by atoms with Crippen LogP contribution in [0.5, 0.6) is 0 Å². The van der Waals surface area contributed by atoms with E-state index < -0.39 is 17.8 Å². The van der Waals surface area contributed by atoms with Gasteiger partial charge in [-0.2, -0.15) is 8.42 Å². The first-order valence-electron chi connectivity index (χ1n) is 1.41. The van der Waals surface area contributed by atoms with Crippen molar-refractivity contribution in [3.05, 3.63) is 0 Å². The molecule has 0 bridgehead atoms. The Morgan fingerprint density at radius 1 is 1.44 bits per heavy atom. The molecule has 0 saturated heterocycles. The first kappa shape index (κ1) is 12.1. The molecule has 50 valence electrons. The molecule has 0 spiro atoms. The zero-order chi connectivity index (χ0) is 6.78. The third-order valence-corrected chi connectivity index (χ3v) is 0.603. The average molecular weight is 152 g/mol. The van der Waals surface area contributed by atoms with Crippen molar-refractivity contribution < 1.29 is 26.5 Å². The summed E-state index contributed by atoms with van der Waals surface area (Å²) in [6, 6.07) is 0. The number of rotatable bonds is 2. The molecule has 0 aliphatic carbocycles. The van der Waals surface area contributed by atoms with Gasteiger partial charge in [0, 0.05) is 0 Å². The first-order valence-corrected chi connectivity index (χ1v) is 2.72. The minimum atomic E-state index is -5.22. The van der Waals surface area contributed by atoms with Gasteiger partial charge in [-0.3, -0.25) is 0 Å². The van der Waals surface area contributed by atoms with Gasteiger partial charge in [-0.1, -0.05) is 3.89 Å². The van der Waals surface area contributed by atoms with Gasteiger partial charge in [0.2, 0.25) is 0 Å². The Morgan fingerprint density at radius 2 is 1.78 bits per heavy atom. The summed E-state index contributed by atoms with van der Waals surface area (Å²) in [4.78, 5) is 0. The van der Waals surface area contributed by atoms with Crippen LogP contribution in [0, 0.1) is 0 Å². The van der Waals surface area contributed by atoms with Gasteiger partial charge in [-0.15, -0.1) is 0 Å². The van der Waals surface area contributed by atoms with Crippen LogP contribution in [0.4, 0.5) is 3.89 Å². The van der Waals surface area contributed by atoms with E-state index in [9.17, 15) is 12.3 Å². The van der Waals surface area contributed by atoms with Crippen molar-refractivity contribution in [3.63, 3.8) is 0 Å². The number of halogens is 1. The fourth-order valence-electron chi connectivity index (χ4n) is 0.103. The van der Waals surface area contributed by atoms with Crippen LogP contribution < -0.4 is 0 Å². The number of hydrogen-bond donors (Lipinski definition) is 2. The van der Waals surface area contributed by atoms with Gasteiger partial charge in [0.15, 0.2) is 0 Å². The Morgan fingerprint density at radius 3 is 1.78 bits per heavy atom. The topological polar surface area (TPSA) is 83.8 Å². The van der Waals surface area contributed by atoms with E-state index in [0.29, 0.717) is 0 Å². The molecule has 0 aliphatic heterocycles. The second kappa shape index (κ2) is 4.27. The summed E-state index contributed by atoms with van der Waals surface area (Å²) < 4.78 is 32.4. The van der Waals surface area contributed by atoms with Crippen molar-refractivity contribution in [3.8, 4) is 0 Å². The maximum absolute atomic E-state index is 11.1. The van der Waals surface area contributed by atoms with Crippen LogP contribution in [0.2, 0.25) is 0 Å². The molecular weight excluding hydrogens is 149 g/mol. The van der Waals surface area contributed by atoms with E-state index in [1.54, 1.807) is 0 Å². The molecule has 0 aromatic heterocycles. The van der Waals surface area contributed by atoms with E-state index in [2.05, 4.69) is 4.10 Å². The van der Waals surface area contributed by atoms with Gasteiger partial charge in [0.1, 0.15) is 0 Å². The summed E-state index contributed by atoms with van der Waals surface area (Å²) in [7, 11) is -7.84. The Hall–Kier alpha value is 0.422. The Balaban J connectivity index is 0. The van der Waals surface area contributed by atoms with E-state index in [1.165, 1.54) is 0 Å². The maximum atomic E-state index is 11.1. The summed E-state index contributed by atoms with van der Waals surface area (Å²) in [6.07, 6.45) is 0. The van der Waals surface area contributed by atoms with Gasteiger partial charge < -0.3 is 10.0 Å². The molecule has 0 aliphatic rings. The average Bonchev–Trinajstić information content (AvgIpc) is 1.21. The Bertz CT molecular complexity index is 150. The van der Waals surface area contributed by atoms with Gasteiger partial charge in [-0.05, 0) is 0 Å². The molecule has 5 nitrogen and oxygen atoms in total. The molecule has 0 heterocycles. The van der Waals surface area contributed by atoms with Gasteiger partial charge in [0.25, 0.3) is 0 Å². The van der Waals surface area contributed by atoms with E-state index in [1.807, 2.05) is 0 Å². The summed E-state index contributed by atoms with van der Waals surface area (Å²) >= 11 is 0. The van der Waals surface area contributed by atoms with Crippen molar-refractivity contribution in [2.24, 2.45) is 0 Å². The zero-order valence-electron chi connectivity index (χ0n) is 3.48. The van der Waals surface area contributed by atoms with Crippen LogP contribution in [0.25, 0.3) is 0 Å². The fourth-order valence-corrected chi connectivity index (χ4v) is 0.308. The molecule has 2 N–H and O–H groups in total. The summed E-state index contributed by atoms with van der Waals surface area (Å²) in [5.74, 6) is 0. The van der Waals surface area contributed by atoms with E-state index in [4.69, 9.17) is 10.0 Å². The third kappa shape index (κ3) is 11.8. The second-order valence-electron chi connectivity index (χ2n) is 0.816. The summed E-state index contributed by atoms with van der Waals surface area (Å²) in [5, 5.41) is 15.2. The monoisotopic (exact) mass is 152 g/mol. The predicted molar refractivity (Wildman–Crippen MR) is 28.5 cm³/mol. The van der Waals surface area contributed by atoms with Crippen LogP contribution in [-0.2, 0) is 14.6 Å². The quantitative estimate of drug-likeness (QED) is 0.338. The normalized spacial score (nSPS) is 10.1. The van der Waals surface area contributed by atoms with Crippen LogP contribution in [0.15, 0.2) is 0 Å². The van der Waals surface area contributed by atoms with Crippen molar-refractivity contribution in [2.45, 2.75) is 0 Å². The molecule has 9 heteroatoms. The van der Waals surface area contributed by atoms with Crippen LogP contribution >= 0.6 is 0 Å². The molecule has 0 aromatic carbocycles. The molecule has 0 radical (unpaired) electrons. The Labute approximate surface area is 63.6 Å². The zero-order valence-corrected chi connectivity index (χ0v) is 4.30. The van der Waals surface area contributed by atoms with Crippen molar-refractivity contribution >= 4 is 36.7 Å². The van der Waals surface area contributed by atoms with E-state index in [0.717, 1.165) is 0 Å². The molecule has 0 unspecified atom stereocenters. The molecule has 0 fully saturated rings. The molecule has 9 heavy (non-hydrogen) atoms. The van der Waals surface area contributed by atoms with Gasteiger partial charge in [-0.25, -0.2) is 4.10 Å². The summed E-state index contributed by atoms with van der Waals surface area (Å²) in [6.45, 7) is 0. The fraction of sp³-hybridized carbons (Fsp3) is 0. The molecule has 0 saturated carbocycles. The Kier molecular flexibility index (Phi) is 5.76. The first-order chi connectivity index (χ1) is 3.42. The van der Waals surface area contributed by atoms with E-state index >= 15 is 0 Å². The molecular formula is H3BFLiO5S. The van der Waals surface area contributed by atoms with Crippen LogP contribution in [0.3, 0.4) is 0 Å².